The number of likely N-dealkylation sites (tertiary alicyclic amines) is 1. The molecule has 3 saturated heterocycles. The minimum Gasteiger partial charge on any atom is -0.392 e. The molecule has 4 rings (SSSR count). The minimum atomic E-state index is -3.27. The van der Waals surface area contributed by atoms with Crippen LogP contribution in [0.5, 0.6) is 0 Å². The van der Waals surface area contributed by atoms with E-state index in [9.17, 15) is 13.5 Å². The fourth-order valence-electron chi connectivity index (χ4n) is 4.96. The Balaban J connectivity index is 1.29. The van der Waals surface area contributed by atoms with Crippen LogP contribution in [-0.4, -0.2) is 74.3 Å². The highest BCUT2D eigenvalue weighted by atomic mass is 32.2. The van der Waals surface area contributed by atoms with Gasteiger partial charge in [-0.15, -0.1) is 0 Å². The molecule has 3 fully saturated rings. The molecule has 6 nitrogen and oxygen atoms in total. The number of piperidine rings is 2. The number of hydrogen-bond acceptors (Lipinski definition) is 5. The van der Waals surface area contributed by atoms with Gasteiger partial charge < -0.3 is 9.84 Å². The molecule has 0 amide bonds. The molecule has 1 aromatic rings. The monoisotopic (exact) mass is 408 g/mol. The van der Waals surface area contributed by atoms with E-state index in [1.807, 2.05) is 30.3 Å². The van der Waals surface area contributed by atoms with Gasteiger partial charge in [0, 0.05) is 26.2 Å². The molecule has 2 atom stereocenters. The lowest BCUT2D eigenvalue weighted by molar-refractivity contribution is 0.0242. The maximum atomic E-state index is 12.8. The van der Waals surface area contributed by atoms with Crippen molar-refractivity contribution < 1.29 is 18.3 Å². The fraction of sp³-hybridized carbons (Fsp3) is 0.714. The number of ether oxygens (including phenoxy) is 1. The van der Waals surface area contributed by atoms with Crippen LogP contribution in [0.1, 0.15) is 37.7 Å². The van der Waals surface area contributed by atoms with Crippen LogP contribution in [0.15, 0.2) is 30.3 Å². The number of rotatable bonds is 5. The Morgan fingerprint density at radius 3 is 2.61 bits per heavy atom. The number of hydrogen-bond donors (Lipinski definition) is 1. The van der Waals surface area contributed by atoms with E-state index in [0.717, 1.165) is 63.9 Å². The van der Waals surface area contributed by atoms with Crippen molar-refractivity contribution in [3.05, 3.63) is 35.9 Å². The standard InChI is InChI=1S/C21H32N2O4S/c24-19-7-4-10-22(14-19)15-20-13-21(17-27-20)8-11-23(12-9-21)28(25,26)16-18-5-2-1-3-6-18/h1-3,5-6,19-20,24H,4,7-17H2/t19-,20-/m0/s1. The van der Waals surface area contributed by atoms with Gasteiger partial charge in [0.25, 0.3) is 0 Å². The number of nitrogens with zero attached hydrogens (tertiary/aromatic N) is 2. The third-order valence-corrected chi connectivity index (χ3v) is 8.45. The van der Waals surface area contributed by atoms with Gasteiger partial charge in [0.2, 0.25) is 10.0 Å². The normalized spacial score (nSPS) is 29.3. The zero-order valence-electron chi connectivity index (χ0n) is 16.5. The summed E-state index contributed by atoms with van der Waals surface area (Å²) in [6.07, 6.45) is 4.71. The molecule has 0 bridgehead atoms. The SMILES string of the molecule is O=S(=O)(Cc1ccccc1)N1CCC2(CC1)CO[C@H](CN1CCC[C@H](O)C1)C2. The first kappa shape index (κ1) is 20.3. The van der Waals surface area contributed by atoms with Crippen LogP contribution in [-0.2, 0) is 20.5 Å². The van der Waals surface area contributed by atoms with Crippen LogP contribution in [0.25, 0.3) is 0 Å². The highest BCUT2D eigenvalue weighted by Crippen LogP contribution is 2.42. The summed E-state index contributed by atoms with van der Waals surface area (Å²) in [6, 6.07) is 9.41. The first-order chi connectivity index (χ1) is 13.4. The van der Waals surface area contributed by atoms with Crippen LogP contribution < -0.4 is 0 Å². The first-order valence-corrected chi connectivity index (χ1v) is 12.1. The van der Waals surface area contributed by atoms with E-state index in [2.05, 4.69) is 4.90 Å². The van der Waals surface area contributed by atoms with E-state index in [0.29, 0.717) is 13.1 Å². The largest absolute Gasteiger partial charge is 0.392 e. The molecule has 0 unspecified atom stereocenters. The second-order valence-electron chi connectivity index (χ2n) is 8.83. The van der Waals surface area contributed by atoms with Gasteiger partial charge in [0.05, 0.1) is 24.6 Å². The van der Waals surface area contributed by atoms with Gasteiger partial charge in [-0.1, -0.05) is 30.3 Å². The third kappa shape index (κ3) is 4.76. The highest BCUT2D eigenvalue weighted by molar-refractivity contribution is 7.88. The maximum absolute atomic E-state index is 12.8. The van der Waals surface area contributed by atoms with Crippen molar-refractivity contribution in [2.24, 2.45) is 5.41 Å². The quantitative estimate of drug-likeness (QED) is 0.805. The summed E-state index contributed by atoms with van der Waals surface area (Å²) in [5.41, 5.74) is 0.966. The average molecular weight is 409 g/mol. The smallest absolute Gasteiger partial charge is 0.218 e. The van der Waals surface area contributed by atoms with Gasteiger partial charge >= 0.3 is 0 Å². The number of aliphatic hydroxyl groups is 1. The summed E-state index contributed by atoms with van der Waals surface area (Å²) in [5, 5.41) is 9.86. The Morgan fingerprint density at radius 1 is 1.14 bits per heavy atom. The van der Waals surface area contributed by atoms with Crippen LogP contribution >= 0.6 is 0 Å². The Labute approximate surface area is 168 Å². The number of benzene rings is 1. The van der Waals surface area contributed by atoms with Crippen LogP contribution in [0.2, 0.25) is 0 Å². The average Bonchev–Trinajstić information content (AvgIpc) is 3.04. The molecule has 156 valence electrons. The van der Waals surface area contributed by atoms with Gasteiger partial charge in [-0.2, -0.15) is 0 Å². The summed E-state index contributed by atoms with van der Waals surface area (Å²) < 4.78 is 33.3. The Hall–Kier alpha value is -0.990. The molecular weight excluding hydrogens is 376 g/mol. The van der Waals surface area contributed by atoms with Gasteiger partial charge in [-0.3, -0.25) is 4.90 Å². The summed E-state index contributed by atoms with van der Waals surface area (Å²) in [6.45, 7) is 4.59. The summed E-state index contributed by atoms with van der Waals surface area (Å²) >= 11 is 0. The van der Waals surface area contributed by atoms with E-state index < -0.39 is 10.0 Å². The highest BCUT2D eigenvalue weighted by Gasteiger charge is 2.44. The molecule has 3 heterocycles. The lowest BCUT2D eigenvalue weighted by Crippen LogP contribution is -2.44. The van der Waals surface area contributed by atoms with E-state index >= 15 is 0 Å². The lowest BCUT2D eigenvalue weighted by atomic mass is 9.77. The number of β-amino-alcohol motifs (C(OH)–C–C–N with tert-alkyl or cyclic N) is 1. The van der Waals surface area contributed by atoms with Gasteiger partial charge in [0.1, 0.15) is 0 Å². The van der Waals surface area contributed by atoms with Crippen molar-refractivity contribution in [2.45, 2.75) is 50.1 Å². The molecule has 7 heteroatoms. The molecule has 1 N–H and O–H groups in total. The van der Waals surface area contributed by atoms with Crippen LogP contribution in [0, 0.1) is 5.41 Å². The van der Waals surface area contributed by atoms with Gasteiger partial charge in [0.15, 0.2) is 0 Å². The Bertz CT molecular complexity index is 747. The van der Waals surface area contributed by atoms with Crippen LogP contribution in [0.4, 0.5) is 0 Å². The van der Waals surface area contributed by atoms with E-state index in [1.165, 1.54) is 0 Å². The first-order valence-electron chi connectivity index (χ1n) is 10.5. The van der Waals surface area contributed by atoms with Crippen molar-refractivity contribution in [1.82, 2.24) is 9.21 Å². The van der Waals surface area contributed by atoms with Gasteiger partial charge in [-0.25, -0.2) is 12.7 Å². The molecule has 28 heavy (non-hydrogen) atoms. The van der Waals surface area contributed by atoms with Crippen molar-refractivity contribution in [1.29, 1.82) is 0 Å². The fourth-order valence-corrected chi connectivity index (χ4v) is 6.50. The summed E-state index contributed by atoms with van der Waals surface area (Å²) in [5.74, 6) is 0.0806. The zero-order chi connectivity index (χ0) is 19.6. The molecule has 3 aliphatic heterocycles. The topological polar surface area (TPSA) is 70.1 Å². The second-order valence-corrected chi connectivity index (χ2v) is 10.8. The lowest BCUT2D eigenvalue weighted by Gasteiger charge is -2.38. The Morgan fingerprint density at radius 2 is 1.89 bits per heavy atom. The van der Waals surface area contributed by atoms with Crippen molar-refractivity contribution >= 4 is 10.0 Å². The van der Waals surface area contributed by atoms with Gasteiger partial charge in [-0.05, 0) is 49.6 Å². The minimum absolute atomic E-state index is 0.0806. The predicted molar refractivity (Wildman–Crippen MR) is 108 cm³/mol. The van der Waals surface area contributed by atoms with Crippen LogP contribution in [0.3, 0.4) is 0 Å². The molecule has 1 spiro atoms. The summed E-state index contributed by atoms with van der Waals surface area (Å²) in [7, 11) is -3.27. The van der Waals surface area contributed by atoms with E-state index in [4.69, 9.17) is 4.74 Å². The van der Waals surface area contributed by atoms with Crippen molar-refractivity contribution in [3.63, 3.8) is 0 Å². The van der Waals surface area contributed by atoms with E-state index in [1.54, 1.807) is 4.31 Å². The Kier molecular flexibility index (Phi) is 6.09. The third-order valence-electron chi connectivity index (χ3n) is 6.60. The maximum Gasteiger partial charge on any atom is 0.218 e. The predicted octanol–water partition coefficient (Wildman–Crippen LogP) is 1.84. The van der Waals surface area contributed by atoms with Crippen molar-refractivity contribution in [3.8, 4) is 0 Å². The second kappa shape index (κ2) is 8.40. The molecule has 0 saturated carbocycles. The molecule has 3 aliphatic rings. The molecular formula is C21H32N2O4S. The van der Waals surface area contributed by atoms with E-state index in [-0.39, 0.29) is 23.4 Å². The molecule has 0 aliphatic carbocycles. The molecule has 1 aromatic carbocycles. The zero-order valence-corrected chi connectivity index (χ0v) is 17.3. The molecule has 0 aromatic heterocycles. The summed E-state index contributed by atoms with van der Waals surface area (Å²) in [4.78, 5) is 2.32. The number of sulfonamides is 1. The van der Waals surface area contributed by atoms with Crippen molar-refractivity contribution in [2.75, 3.05) is 39.3 Å². The molecule has 0 radical (unpaired) electrons. The number of aliphatic hydroxyl groups excluding tert-OH is 1.